The summed E-state index contributed by atoms with van der Waals surface area (Å²) in [5, 5.41) is 5.57. The topological polar surface area (TPSA) is 94.0 Å². The number of carbonyl (C=O) groups is 1. The molecule has 1 amide bonds. The molecule has 33 heavy (non-hydrogen) atoms. The molecule has 0 bridgehead atoms. The molecule has 2 aromatic heterocycles. The van der Waals surface area contributed by atoms with Crippen LogP contribution >= 0.6 is 0 Å². The summed E-state index contributed by atoms with van der Waals surface area (Å²) in [6.07, 6.45) is 5.02. The summed E-state index contributed by atoms with van der Waals surface area (Å²) in [4.78, 5) is 25.1. The van der Waals surface area contributed by atoms with Crippen molar-refractivity contribution in [3.8, 4) is 11.6 Å². The Morgan fingerprint density at radius 1 is 1.03 bits per heavy atom. The average Bonchev–Trinajstić information content (AvgIpc) is 3.33. The van der Waals surface area contributed by atoms with Crippen LogP contribution in [0.3, 0.4) is 0 Å². The minimum Gasteiger partial charge on any atom is -0.491 e. The molecular formula is C22H17F3N6O2. The zero-order valence-electron chi connectivity index (χ0n) is 17.4. The van der Waals surface area contributed by atoms with Crippen molar-refractivity contribution < 1.29 is 22.7 Å². The van der Waals surface area contributed by atoms with Crippen molar-refractivity contribution in [2.45, 2.75) is 6.92 Å². The van der Waals surface area contributed by atoms with E-state index in [1.807, 2.05) is 0 Å². The summed E-state index contributed by atoms with van der Waals surface area (Å²) >= 11 is 0. The molecule has 0 saturated carbocycles. The molecule has 2 aromatic carbocycles. The predicted octanol–water partition coefficient (Wildman–Crippen LogP) is 4.39. The van der Waals surface area contributed by atoms with E-state index in [1.54, 1.807) is 60.5 Å². The van der Waals surface area contributed by atoms with Gasteiger partial charge in [0.2, 0.25) is 5.82 Å². The fourth-order valence-electron chi connectivity index (χ4n) is 3.05. The van der Waals surface area contributed by atoms with E-state index in [2.05, 4.69) is 30.3 Å². The molecule has 0 spiro atoms. The normalized spacial score (nSPS) is 10.7. The highest BCUT2D eigenvalue weighted by Gasteiger charge is 2.23. The predicted molar refractivity (Wildman–Crippen MR) is 114 cm³/mol. The molecule has 0 unspecified atom stereocenters. The number of benzene rings is 2. The number of nitrogens with one attached hydrogen (secondary N) is 2. The summed E-state index contributed by atoms with van der Waals surface area (Å²) in [6, 6.07) is 8.65. The van der Waals surface area contributed by atoms with Crippen LogP contribution in [0.4, 0.5) is 30.4 Å². The van der Waals surface area contributed by atoms with Gasteiger partial charge < -0.3 is 15.4 Å². The minimum atomic E-state index is -1.50. The summed E-state index contributed by atoms with van der Waals surface area (Å²) in [5.41, 5.74) is 0.284. The van der Waals surface area contributed by atoms with Crippen LogP contribution in [0, 0.1) is 24.4 Å². The number of aryl methyl sites for hydroxylation is 1. The molecule has 4 rings (SSSR count). The SMILES string of the molecule is COc1c(F)c(F)cc(C(=O)Nc2ccc(Nc3cc(-n4ccnc4)nc(C)n3)cc2)c1F. The van der Waals surface area contributed by atoms with Crippen LogP contribution in [0.5, 0.6) is 5.75 Å². The number of hydrogen-bond donors (Lipinski definition) is 2. The Labute approximate surface area is 186 Å². The molecule has 0 aliphatic heterocycles. The smallest absolute Gasteiger partial charge is 0.258 e. The Kier molecular flexibility index (Phi) is 5.94. The van der Waals surface area contributed by atoms with Crippen molar-refractivity contribution in [2.75, 3.05) is 17.7 Å². The van der Waals surface area contributed by atoms with Gasteiger partial charge >= 0.3 is 0 Å². The van der Waals surface area contributed by atoms with Gasteiger partial charge in [-0.25, -0.2) is 23.7 Å². The Bertz CT molecular complexity index is 1310. The van der Waals surface area contributed by atoms with Crippen molar-refractivity contribution in [1.29, 1.82) is 0 Å². The summed E-state index contributed by atoms with van der Waals surface area (Å²) in [7, 11) is 0.978. The fourth-order valence-corrected chi connectivity index (χ4v) is 3.05. The van der Waals surface area contributed by atoms with E-state index in [1.165, 1.54) is 0 Å². The molecule has 2 N–H and O–H groups in total. The number of halogens is 3. The van der Waals surface area contributed by atoms with Crippen LogP contribution in [0.2, 0.25) is 0 Å². The molecule has 0 saturated heterocycles. The molecule has 11 heteroatoms. The van der Waals surface area contributed by atoms with Gasteiger partial charge in [0.25, 0.3) is 5.91 Å². The lowest BCUT2D eigenvalue weighted by Crippen LogP contribution is -2.15. The standard InChI is InChI=1S/C22H17F3N6O2/c1-12-27-17(10-18(28-12)31-8-7-26-11-31)29-13-3-5-14(6-4-13)30-22(32)15-9-16(23)20(25)21(33-2)19(15)24/h3-11H,1-2H3,(H,30,32)(H,27,28,29). The van der Waals surface area contributed by atoms with E-state index in [0.29, 0.717) is 34.9 Å². The van der Waals surface area contributed by atoms with E-state index in [4.69, 9.17) is 0 Å². The summed E-state index contributed by atoms with van der Waals surface area (Å²) < 4.78 is 47.9. The van der Waals surface area contributed by atoms with Gasteiger partial charge in [-0.1, -0.05) is 0 Å². The Balaban J connectivity index is 1.50. The van der Waals surface area contributed by atoms with Gasteiger partial charge in [0.1, 0.15) is 23.8 Å². The first kappa shape index (κ1) is 21.8. The van der Waals surface area contributed by atoms with Crippen LogP contribution in [-0.2, 0) is 0 Å². The van der Waals surface area contributed by atoms with Crippen molar-refractivity contribution in [3.63, 3.8) is 0 Å². The third-order valence-corrected chi connectivity index (χ3v) is 4.57. The first-order valence-electron chi connectivity index (χ1n) is 9.59. The second-order valence-corrected chi connectivity index (χ2v) is 6.85. The molecule has 0 radical (unpaired) electrons. The Morgan fingerprint density at radius 2 is 1.76 bits per heavy atom. The number of amides is 1. The lowest BCUT2D eigenvalue weighted by molar-refractivity contribution is 0.102. The quantitative estimate of drug-likeness (QED) is 0.420. The molecule has 0 aliphatic carbocycles. The second-order valence-electron chi connectivity index (χ2n) is 6.85. The number of imidazole rings is 1. The molecule has 0 atom stereocenters. The second kappa shape index (κ2) is 8.99. The lowest BCUT2D eigenvalue weighted by Gasteiger charge is -2.11. The number of ether oxygens (including phenoxy) is 1. The third-order valence-electron chi connectivity index (χ3n) is 4.57. The van der Waals surface area contributed by atoms with Crippen LogP contribution in [-0.4, -0.2) is 32.5 Å². The number of methoxy groups -OCH3 is 1. The number of nitrogens with zero attached hydrogens (tertiary/aromatic N) is 4. The zero-order valence-corrected chi connectivity index (χ0v) is 17.4. The van der Waals surface area contributed by atoms with Crippen molar-refractivity contribution in [1.82, 2.24) is 19.5 Å². The first-order valence-corrected chi connectivity index (χ1v) is 9.59. The molecule has 4 aromatic rings. The van der Waals surface area contributed by atoms with Gasteiger partial charge in [-0.05, 0) is 37.3 Å². The number of aromatic nitrogens is 4. The maximum absolute atomic E-state index is 14.3. The number of hydrogen-bond acceptors (Lipinski definition) is 6. The summed E-state index contributed by atoms with van der Waals surface area (Å²) in [6.45, 7) is 1.76. The van der Waals surface area contributed by atoms with Crippen LogP contribution in [0.1, 0.15) is 16.2 Å². The Morgan fingerprint density at radius 3 is 2.42 bits per heavy atom. The fraction of sp³-hybridized carbons (Fsp3) is 0.0909. The number of rotatable bonds is 6. The van der Waals surface area contributed by atoms with Gasteiger partial charge in [-0.2, -0.15) is 4.39 Å². The van der Waals surface area contributed by atoms with Gasteiger partial charge in [0.15, 0.2) is 17.4 Å². The largest absolute Gasteiger partial charge is 0.491 e. The van der Waals surface area contributed by atoms with Crippen LogP contribution in [0.15, 0.2) is 55.1 Å². The maximum atomic E-state index is 14.3. The highest BCUT2D eigenvalue weighted by Crippen LogP contribution is 2.28. The molecule has 2 heterocycles. The highest BCUT2D eigenvalue weighted by molar-refractivity contribution is 6.04. The molecule has 0 fully saturated rings. The molecular weight excluding hydrogens is 437 g/mol. The maximum Gasteiger partial charge on any atom is 0.258 e. The van der Waals surface area contributed by atoms with Crippen LogP contribution in [0.25, 0.3) is 5.82 Å². The Hall–Kier alpha value is -4.41. The van der Waals surface area contributed by atoms with Crippen molar-refractivity contribution in [2.24, 2.45) is 0 Å². The van der Waals surface area contributed by atoms with Gasteiger partial charge in [-0.15, -0.1) is 0 Å². The summed E-state index contributed by atoms with van der Waals surface area (Å²) in [5.74, 6) is -4.38. The van der Waals surface area contributed by atoms with E-state index in [9.17, 15) is 18.0 Å². The average molecular weight is 454 g/mol. The monoisotopic (exact) mass is 454 g/mol. The van der Waals surface area contributed by atoms with E-state index in [-0.39, 0.29) is 0 Å². The van der Waals surface area contributed by atoms with Crippen LogP contribution < -0.4 is 15.4 Å². The van der Waals surface area contributed by atoms with E-state index in [0.717, 1.165) is 7.11 Å². The lowest BCUT2D eigenvalue weighted by atomic mass is 10.1. The number of anilines is 3. The van der Waals surface area contributed by atoms with E-state index >= 15 is 0 Å². The highest BCUT2D eigenvalue weighted by atomic mass is 19.2. The van der Waals surface area contributed by atoms with E-state index < -0.39 is 34.7 Å². The zero-order chi connectivity index (χ0) is 23.5. The van der Waals surface area contributed by atoms with Crippen molar-refractivity contribution >= 4 is 23.1 Å². The molecule has 168 valence electrons. The first-order chi connectivity index (χ1) is 15.9. The molecule has 8 nitrogen and oxygen atoms in total. The number of carbonyl (C=O) groups excluding carboxylic acids is 1. The van der Waals surface area contributed by atoms with Gasteiger partial charge in [0.05, 0.1) is 12.7 Å². The van der Waals surface area contributed by atoms with Gasteiger partial charge in [-0.3, -0.25) is 9.36 Å². The van der Waals surface area contributed by atoms with Crippen molar-refractivity contribution in [3.05, 3.63) is 84.0 Å². The third kappa shape index (κ3) is 4.61. The minimum absolute atomic E-state index is 0.312. The van der Waals surface area contributed by atoms with Gasteiger partial charge in [0, 0.05) is 29.8 Å². The molecule has 0 aliphatic rings.